The summed E-state index contributed by atoms with van der Waals surface area (Å²) in [6, 6.07) is 9.51. The van der Waals surface area contributed by atoms with Crippen molar-refractivity contribution >= 4 is 17.2 Å². The fourth-order valence-corrected chi connectivity index (χ4v) is 2.80. The van der Waals surface area contributed by atoms with Gasteiger partial charge in [-0.1, -0.05) is 30.3 Å². The molecule has 2 rings (SSSR count). The SMILES string of the molecule is Cc1cnc(C(C)NC(=O)C(CN)c2ccccc2)s1. The maximum absolute atomic E-state index is 12.4. The van der Waals surface area contributed by atoms with Crippen LogP contribution in [0.3, 0.4) is 0 Å². The first-order valence-corrected chi connectivity index (χ1v) is 7.41. The largest absolute Gasteiger partial charge is 0.347 e. The number of nitrogens with two attached hydrogens (primary N) is 1. The van der Waals surface area contributed by atoms with Gasteiger partial charge in [-0.15, -0.1) is 11.3 Å². The molecule has 1 aromatic carbocycles. The van der Waals surface area contributed by atoms with E-state index in [1.807, 2.05) is 50.4 Å². The molecule has 5 heteroatoms. The van der Waals surface area contributed by atoms with E-state index in [-0.39, 0.29) is 17.9 Å². The van der Waals surface area contributed by atoms with Crippen molar-refractivity contribution in [2.45, 2.75) is 25.8 Å². The van der Waals surface area contributed by atoms with E-state index >= 15 is 0 Å². The summed E-state index contributed by atoms with van der Waals surface area (Å²) in [6.45, 7) is 4.23. The lowest BCUT2D eigenvalue weighted by Gasteiger charge is -2.18. The van der Waals surface area contributed by atoms with Crippen molar-refractivity contribution in [2.75, 3.05) is 6.54 Å². The first kappa shape index (κ1) is 14.7. The quantitative estimate of drug-likeness (QED) is 0.888. The number of aryl methyl sites for hydroxylation is 1. The molecular weight excluding hydrogens is 270 g/mol. The summed E-state index contributed by atoms with van der Waals surface area (Å²) in [5.41, 5.74) is 6.69. The van der Waals surface area contributed by atoms with Gasteiger partial charge in [0.15, 0.2) is 0 Å². The molecule has 0 spiro atoms. The molecule has 0 saturated carbocycles. The molecule has 20 heavy (non-hydrogen) atoms. The zero-order valence-electron chi connectivity index (χ0n) is 11.7. The summed E-state index contributed by atoms with van der Waals surface area (Å²) in [5, 5.41) is 3.90. The van der Waals surface area contributed by atoms with Crippen LogP contribution in [0, 0.1) is 6.92 Å². The van der Waals surface area contributed by atoms with Crippen molar-refractivity contribution < 1.29 is 4.79 Å². The van der Waals surface area contributed by atoms with E-state index in [2.05, 4.69) is 10.3 Å². The molecule has 1 amide bonds. The molecule has 1 heterocycles. The Morgan fingerprint density at radius 1 is 1.40 bits per heavy atom. The second-order valence-corrected chi connectivity index (χ2v) is 6.00. The molecule has 4 nitrogen and oxygen atoms in total. The summed E-state index contributed by atoms with van der Waals surface area (Å²) in [6.07, 6.45) is 1.82. The van der Waals surface area contributed by atoms with Gasteiger partial charge < -0.3 is 11.1 Å². The summed E-state index contributed by atoms with van der Waals surface area (Å²) < 4.78 is 0. The minimum absolute atomic E-state index is 0.0564. The second kappa shape index (κ2) is 6.63. The minimum atomic E-state index is -0.320. The van der Waals surface area contributed by atoms with E-state index in [4.69, 9.17) is 5.73 Å². The van der Waals surface area contributed by atoms with Gasteiger partial charge in [0.2, 0.25) is 5.91 Å². The third-order valence-electron chi connectivity index (χ3n) is 3.12. The van der Waals surface area contributed by atoms with E-state index in [9.17, 15) is 4.79 Å². The van der Waals surface area contributed by atoms with E-state index in [0.717, 1.165) is 15.4 Å². The smallest absolute Gasteiger partial charge is 0.229 e. The lowest BCUT2D eigenvalue weighted by Crippen LogP contribution is -2.35. The van der Waals surface area contributed by atoms with Crippen LogP contribution in [0.15, 0.2) is 36.5 Å². The molecule has 1 aromatic heterocycles. The van der Waals surface area contributed by atoms with Gasteiger partial charge in [-0.2, -0.15) is 0 Å². The fraction of sp³-hybridized carbons (Fsp3) is 0.333. The average Bonchev–Trinajstić information content (AvgIpc) is 2.87. The summed E-state index contributed by atoms with van der Waals surface area (Å²) in [7, 11) is 0. The molecule has 0 aliphatic heterocycles. The molecule has 2 aromatic rings. The van der Waals surface area contributed by atoms with Gasteiger partial charge in [0.25, 0.3) is 0 Å². The van der Waals surface area contributed by atoms with Crippen molar-refractivity contribution in [2.24, 2.45) is 5.73 Å². The molecular formula is C15H19N3OS. The van der Waals surface area contributed by atoms with Crippen molar-refractivity contribution in [1.29, 1.82) is 0 Å². The van der Waals surface area contributed by atoms with Crippen molar-refractivity contribution in [3.05, 3.63) is 52.0 Å². The Balaban J connectivity index is 2.06. The lowest BCUT2D eigenvalue weighted by atomic mass is 9.98. The summed E-state index contributed by atoms with van der Waals surface area (Å²) in [5.74, 6) is -0.376. The highest BCUT2D eigenvalue weighted by atomic mass is 32.1. The fourth-order valence-electron chi connectivity index (χ4n) is 2.03. The highest BCUT2D eigenvalue weighted by molar-refractivity contribution is 7.11. The normalized spacial score (nSPS) is 13.8. The van der Waals surface area contributed by atoms with Gasteiger partial charge in [-0.05, 0) is 19.4 Å². The van der Waals surface area contributed by atoms with Gasteiger partial charge >= 0.3 is 0 Å². The predicted molar refractivity (Wildman–Crippen MR) is 81.6 cm³/mol. The van der Waals surface area contributed by atoms with Gasteiger partial charge in [-0.25, -0.2) is 4.98 Å². The highest BCUT2D eigenvalue weighted by Gasteiger charge is 2.21. The van der Waals surface area contributed by atoms with Crippen LogP contribution in [-0.4, -0.2) is 17.4 Å². The second-order valence-electron chi connectivity index (χ2n) is 4.74. The summed E-state index contributed by atoms with van der Waals surface area (Å²) >= 11 is 1.60. The number of nitrogens with zero attached hydrogens (tertiary/aromatic N) is 1. The molecule has 0 fully saturated rings. The van der Waals surface area contributed by atoms with Crippen LogP contribution >= 0.6 is 11.3 Å². The van der Waals surface area contributed by atoms with Crippen LogP contribution in [0.25, 0.3) is 0 Å². The van der Waals surface area contributed by atoms with Crippen LogP contribution < -0.4 is 11.1 Å². The molecule has 0 radical (unpaired) electrons. The molecule has 106 valence electrons. The first-order chi connectivity index (χ1) is 9.61. The molecule has 0 bridgehead atoms. The van der Waals surface area contributed by atoms with Crippen molar-refractivity contribution in [3.63, 3.8) is 0 Å². The Morgan fingerprint density at radius 3 is 2.65 bits per heavy atom. The topological polar surface area (TPSA) is 68.0 Å². The molecule has 2 atom stereocenters. The molecule has 0 saturated heterocycles. The van der Waals surface area contributed by atoms with Crippen LogP contribution in [-0.2, 0) is 4.79 Å². The maximum Gasteiger partial charge on any atom is 0.229 e. The predicted octanol–water partition coefficient (Wildman–Crippen LogP) is 2.37. The maximum atomic E-state index is 12.4. The molecule has 3 N–H and O–H groups in total. The average molecular weight is 289 g/mol. The molecule has 2 unspecified atom stereocenters. The number of carbonyl (C=O) groups is 1. The van der Waals surface area contributed by atoms with E-state index in [1.54, 1.807) is 11.3 Å². The number of nitrogens with one attached hydrogen (secondary N) is 1. The molecule has 0 aliphatic rings. The lowest BCUT2D eigenvalue weighted by molar-refractivity contribution is -0.123. The van der Waals surface area contributed by atoms with E-state index in [0.29, 0.717) is 6.54 Å². The highest BCUT2D eigenvalue weighted by Crippen LogP contribution is 2.21. The summed E-state index contributed by atoms with van der Waals surface area (Å²) in [4.78, 5) is 17.8. The number of benzene rings is 1. The molecule has 0 aliphatic carbocycles. The Morgan fingerprint density at radius 2 is 2.10 bits per heavy atom. The Kier molecular flexibility index (Phi) is 4.87. The zero-order chi connectivity index (χ0) is 14.5. The standard InChI is InChI=1S/C15H19N3OS/c1-10-9-17-15(20-10)11(2)18-14(19)13(8-16)12-6-4-3-5-7-12/h3-7,9,11,13H,8,16H2,1-2H3,(H,18,19). The number of aromatic nitrogens is 1. The minimum Gasteiger partial charge on any atom is -0.347 e. The third-order valence-corrected chi connectivity index (χ3v) is 4.22. The number of hydrogen-bond donors (Lipinski definition) is 2. The number of carbonyl (C=O) groups excluding carboxylic acids is 1. The van der Waals surface area contributed by atoms with Gasteiger partial charge in [0, 0.05) is 17.6 Å². The number of hydrogen-bond acceptors (Lipinski definition) is 4. The first-order valence-electron chi connectivity index (χ1n) is 6.59. The third kappa shape index (κ3) is 3.43. The van der Waals surface area contributed by atoms with Crippen LogP contribution in [0.5, 0.6) is 0 Å². The Labute approximate surface area is 123 Å². The van der Waals surface area contributed by atoms with Crippen molar-refractivity contribution in [3.8, 4) is 0 Å². The number of amides is 1. The Bertz CT molecular complexity index is 568. The van der Waals surface area contributed by atoms with E-state index < -0.39 is 0 Å². The zero-order valence-corrected chi connectivity index (χ0v) is 12.5. The van der Waals surface area contributed by atoms with Gasteiger partial charge in [0.05, 0.1) is 12.0 Å². The van der Waals surface area contributed by atoms with Gasteiger partial charge in [-0.3, -0.25) is 4.79 Å². The van der Waals surface area contributed by atoms with Crippen LogP contribution in [0.1, 0.15) is 34.3 Å². The number of thiazole rings is 1. The Hall–Kier alpha value is -1.72. The van der Waals surface area contributed by atoms with Crippen LogP contribution in [0.4, 0.5) is 0 Å². The number of rotatable bonds is 5. The van der Waals surface area contributed by atoms with Crippen molar-refractivity contribution in [1.82, 2.24) is 10.3 Å². The van der Waals surface area contributed by atoms with Gasteiger partial charge in [0.1, 0.15) is 5.01 Å². The monoisotopic (exact) mass is 289 g/mol. The van der Waals surface area contributed by atoms with E-state index in [1.165, 1.54) is 0 Å². The van der Waals surface area contributed by atoms with Crippen LogP contribution in [0.2, 0.25) is 0 Å².